The zero-order valence-electron chi connectivity index (χ0n) is 13.6. The molecule has 0 aliphatic rings. The van der Waals surface area contributed by atoms with E-state index in [4.69, 9.17) is 0 Å². The third-order valence-electron chi connectivity index (χ3n) is 3.53. The highest BCUT2D eigenvalue weighted by molar-refractivity contribution is 5.97. The Morgan fingerprint density at radius 2 is 2.15 bits per heavy atom. The van der Waals surface area contributed by atoms with Crippen LogP contribution in [0.5, 0.6) is 5.88 Å². The van der Waals surface area contributed by atoms with Gasteiger partial charge in [0.2, 0.25) is 5.88 Å². The predicted octanol–water partition coefficient (Wildman–Crippen LogP) is 2.22. The summed E-state index contributed by atoms with van der Waals surface area (Å²) < 4.78 is 0. The smallest absolute Gasteiger partial charge is 0.283 e. The predicted molar refractivity (Wildman–Crippen MR) is 92.7 cm³/mol. The second-order valence-corrected chi connectivity index (χ2v) is 5.33. The molecule has 0 bridgehead atoms. The Hall–Kier alpha value is -4.15. The van der Waals surface area contributed by atoms with Crippen molar-refractivity contribution in [3.63, 3.8) is 0 Å². The van der Waals surface area contributed by atoms with E-state index in [0.29, 0.717) is 5.52 Å². The number of aromatic hydroxyl groups is 1. The van der Waals surface area contributed by atoms with Gasteiger partial charge in [-0.3, -0.25) is 24.7 Å². The molecule has 3 N–H and O–H groups in total. The molecule has 3 rings (SSSR count). The van der Waals surface area contributed by atoms with Crippen molar-refractivity contribution in [2.45, 2.75) is 0 Å². The number of amides is 2. The van der Waals surface area contributed by atoms with Crippen LogP contribution in [0.15, 0.2) is 53.0 Å². The van der Waals surface area contributed by atoms with Crippen molar-refractivity contribution >= 4 is 34.1 Å². The quantitative estimate of drug-likeness (QED) is 0.355. The molecule has 0 radical (unpaired) electrons. The van der Waals surface area contributed by atoms with Crippen molar-refractivity contribution in [2.75, 3.05) is 6.54 Å². The highest BCUT2D eigenvalue weighted by Crippen LogP contribution is 2.37. The minimum atomic E-state index is -0.772. The van der Waals surface area contributed by atoms with Crippen LogP contribution in [0.1, 0.15) is 10.4 Å². The zero-order chi connectivity index (χ0) is 19.4. The van der Waals surface area contributed by atoms with Gasteiger partial charge < -0.3 is 15.4 Å². The van der Waals surface area contributed by atoms with E-state index >= 15 is 0 Å². The fraction of sp³-hybridized carbons (Fsp3) is 0.0625. The largest absolute Gasteiger partial charge is 0.493 e. The van der Waals surface area contributed by atoms with E-state index in [-0.39, 0.29) is 28.2 Å². The maximum absolute atomic E-state index is 11.8. The number of carbonyl (C=O) groups excluding carboxylic acids is 2. The van der Waals surface area contributed by atoms with Gasteiger partial charge in [0, 0.05) is 29.9 Å². The molecule has 0 fully saturated rings. The fourth-order valence-corrected chi connectivity index (χ4v) is 2.26. The second-order valence-electron chi connectivity index (χ2n) is 5.33. The van der Waals surface area contributed by atoms with Gasteiger partial charge in [0.15, 0.2) is 5.69 Å². The number of carbonyl (C=O) groups is 2. The highest BCUT2D eigenvalue weighted by atomic mass is 16.6. The van der Waals surface area contributed by atoms with Gasteiger partial charge in [-0.1, -0.05) is 0 Å². The molecule has 3 aromatic rings. The van der Waals surface area contributed by atoms with Gasteiger partial charge in [0.1, 0.15) is 6.54 Å². The van der Waals surface area contributed by atoms with E-state index in [1.165, 1.54) is 36.7 Å². The summed E-state index contributed by atoms with van der Waals surface area (Å²) in [4.78, 5) is 40.3. The Morgan fingerprint density at radius 1 is 1.33 bits per heavy atom. The molecule has 0 unspecified atom stereocenters. The summed E-state index contributed by atoms with van der Waals surface area (Å²) in [5, 5.41) is 30.4. The number of non-ortho nitro benzene ring substituents is 1. The molecule has 0 atom stereocenters. The number of nitro groups is 1. The second kappa shape index (κ2) is 7.39. The first-order valence-corrected chi connectivity index (χ1v) is 7.57. The van der Waals surface area contributed by atoms with Gasteiger partial charge in [-0.15, -0.1) is 10.2 Å². The summed E-state index contributed by atoms with van der Waals surface area (Å²) in [7, 11) is 0. The number of azo groups is 1. The number of hydrogen-bond acceptors (Lipinski definition) is 7. The number of nitro benzene ring substituents is 1. The van der Waals surface area contributed by atoms with E-state index in [9.17, 15) is 24.8 Å². The fourth-order valence-electron chi connectivity index (χ4n) is 2.26. The Balaban J connectivity index is 1.72. The maximum atomic E-state index is 11.8. The van der Waals surface area contributed by atoms with Gasteiger partial charge in [-0.2, -0.15) is 0 Å². The van der Waals surface area contributed by atoms with Crippen LogP contribution < -0.4 is 5.32 Å². The van der Waals surface area contributed by atoms with Gasteiger partial charge in [0.05, 0.1) is 16.0 Å². The molecule has 0 saturated carbocycles. The molecule has 2 heterocycles. The SMILES string of the molecule is O=C(CNC(=O)c1cccnc1)N=Nc1c(O)[nH]c2ccc([N+](=O)[O-])cc12. The zero-order valence-corrected chi connectivity index (χ0v) is 13.6. The number of pyridine rings is 1. The summed E-state index contributed by atoms with van der Waals surface area (Å²) in [5.74, 6) is -1.66. The van der Waals surface area contributed by atoms with Crippen LogP contribution >= 0.6 is 0 Å². The third kappa shape index (κ3) is 3.92. The number of nitrogens with one attached hydrogen (secondary N) is 2. The Labute approximate surface area is 150 Å². The van der Waals surface area contributed by atoms with Gasteiger partial charge in [-0.25, -0.2) is 0 Å². The van der Waals surface area contributed by atoms with Crippen molar-refractivity contribution < 1.29 is 19.6 Å². The number of H-pyrrole nitrogens is 1. The van der Waals surface area contributed by atoms with Gasteiger partial charge in [-0.05, 0) is 18.2 Å². The third-order valence-corrected chi connectivity index (χ3v) is 3.53. The number of rotatable bonds is 5. The minimum absolute atomic E-state index is 0.111. The summed E-state index contributed by atoms with van der Waals surface area (Å²) in [5.41, 5.74) is 0.363. The van der Waals surface area contributed by atoms with E-state index in [1.807, 2.05) is 0 Å². The lowest BCUT2D eigenvalue weighted by Crippen LogP contribution is -2.28. The molecule has 27 heavy (non-hydrogen) atoms. The first-order chi connectivity index (χ1) is 13.0. The summed E-state index contributed by atoms with van der Waals surface area (Å²) in [6.07, 6.45) is 2.85. The Kier molecular flexibility index (Phi) is 4.84. The van der Waals surface area contributed by atoms with Crippen molar-refractivity contribution in [3.8, 4) is 5.88 Å². The lowest BCUT2D eigenvalue weighted by molar-refractivity contribution is -0.384. The van der Waals surface area contributed by atoms with Crippen molar-refractivity contribution in [3.05, 3.63) is 58.4 Å². The average molecular weight is 368 g/mol. The standard InChI is InChI=1S/C16H12N6O5/c23-13(8-18-15(24)9-2-1-5-17-7-9)20-21-14-11-6-10(22(26)27)3-4-12(11)19-16(14)25/h1-7,19,25H,8H2,(H,18,24). The van der Waals surface area contributed by atoms with Crippen LogP contribution in [0.4, 0.5) is 11.4 Å². The number of fused-ring (bicyclic) bond motifs is 1. The maximum Gasteiger partial charge on any atom is 0.283 e. The normalized spacial score (nSPS) is 11.0. The molecule has 11 heteroatoms. The molecule has 0 aliphatic heterocycles. The first kappa shape index (κ1) is 17.7. The van der Waals surface area contributed by atoms with E-state index in [1.54, 1.807) is 6.07 Å². The monoisotopic (exact) mass is 368 g/mol. The Bertz CT molecular complexity index is 1060. The van der Waals surface area contributed by atoms with Crippen LogP contribution in [-0.4, -0.2) is 38.4 Å². The van der Waals surface area contributed by atoms with Crippen LogP contribution in [0.2, 0.25) is 0 Å². The van der Waals surface area contributed by atoms with Crippen LogP contribution in [-0.2, 0) is 4.79 Å². The van der Waals surface area contributed by atoms with Crippen molar-refractivity contribution in [2.24, 2.45) is 10.2 Å². The summed E-state index contributed by atoms with van der Waals surface area (Å²) in [6.45, 7) is -0.416. The number of nitrogens with zero attached hydrogens (tertiary/aromatic N) is 4. The van der Waals surface area contributed by atoms with Crippen LogP contribution in [0.3, 0.4) is 0 Å². The van der Waals surface area contributed by atoms with Crippen molar-refractivity contribution in [1.82, 2.24) is 15.3 Å². The molecule has 11 nitrogen and oxygen atoms in total. The lowest BCUT2D eigenvalue weighted by Gasteiger charge is -2.01. The summed E-state index contributed by atoms with van der Waals surface area (Å²) in [6, 6.07) is 6.98. The van der Waals surface area contributed by atoms with Crippen LogP contribution in [0.25, 0.3) is 10.9 Å². The molecule has 2 aromatic heterocycles. The highest BCUT2D eigenvalue weighted by Gasteiger charge is 2.15. The number of aromatic amines is 1. The molecule has 1 aromatic carbocycles. The van der Waals surface area contributed by atoms with E-state index < -0.39 is 23.3 Å². The molecular formula is C16H12N6O5. The lowest BCUT2D eigenvalue weighted by atomic mass is 10.2. The topological polar surface area (TPSA) is 163 Å². The van der Waals surface area contributed by atoms with E-state index in [2.05, 4.69) is 25.5 Å². The van der Waals surface area contributed by atoms with Crippen LogP contribution in [0, 0.1) is 10.1 Å². The minimum Gasteiger partial charge on any atom is -0.493 e. The molecule has 2 amide bonds. The van der Waals surface area contributed by atoms with Gasteiger partial charge in [0.25, 0.3) is 17.5 Å². The molecule has 0 aliphatic carbocycles. The number of benzene rings is 1. The Morgan fingerprint density at radius 3 is 2.85 bits per heavy atom. The average Bonchev–Trinajstić information content (AvgIpc) is 2.99. The van der Waals surface area contributed by atoms with E-state index in [0.717, 1.165) is 0 Å². The summed E-state index contributed by atoms with van der Waals surface area (Å²) >= 11 is 0. The molecule has 0 spiro atoms. The first-order valence-electron chi connectivity index (χ1n) is 7.57. The van der Waals surface area contributed by atoms with Gasteiger partial charge >= 0.3 is 0 Å². The molecular weight excluding hydrogens is 356 g/mol. The number of hydrogen-bond donors (Lipinski definition) is 3. The van der Waals surface area contributed by atoms with Crippen molar-refractivity contribution in [1.29, 1.82) is 0 Å². The number of aromatic nitrogens is 2. The molecule has 136 valence electrons. The molecule has 0 saturated heterocycles.